The molecule has 0 amide bonds. The van der Waals surface area contributed by atoms with Crippen LogP contribution in [-0.2, 0) is 0 Å². The van der Waals surface area contributed by atoms with Crippen LogP contribution in [0.1, 0.15) is 24.2 Å². The Balaban J connectivity index is 2.71. The molecule has 78 valence electrons. The number of aromatic nitrogens is 1. The van der Waals surface area contributed by atoms with Gasteiger partial charge in [-0.1, -0.05) is 23.7 Å². The predicted molar refractivity (Wildman–Crippen MR) is 62.1 cm³/mol. The minimum absolute atomic E-state index is 0.378. The van der Waals surface area contributed by atoms with E-state index in [2.05, 4.69) is 4.98 Å². The lowest BCUT2D eigenvalue weighted by atomic mass is 10.1. The number of halogens is 1. The maximum Gasteiger partial charge on any atom is 0.135 e. The fourth-order valence-corrected chi connectivity index (χ4v) is 1.87. The topological polar surface area (TPSA) is 33.1 Å². The van der Waals surface area contributed by atoms with Gasteiger partial charge in [0.2, 0.25) is 0 Å². The highest BCUT2D eigenvalue weighted by molar-refractivity contribution is 6.30. The van der Waals surface area contributed by atoms with Gasteiger partial charge in [0.15, 0.2) is 0 Å². The number of hydrogen-bond acceptors (Lipinski definition) is 2. The van der Waals surface area contributed by atoms with Crippen LogP contribution in [0.15, 0.2) is 24.3 Å². The molecular weight excluding hydrogens is 210 g/mol. The zero-order valence-electron chi connectivity index (χ0n) is 8.66. The van der Waals surface area contributed by atoms with Gasteiger partial charge in [-0.3, -0.25) is 0 Å². The number of nitrogens with zero attached hydrogens (tertiary/aromatic N) is 1. The normalized spacial score (nSPS) is 13.1. The minimum Gasteiger partial charge on any atom is -0.389 e. The summed E-state index contributed by atoms with van der Waals surface area (Å²) in [5.74, 6) is 0. The Morgan fingerprint density at radius 3 is 2.73 bits per heavy atom. The molecular formula is C12H12ClNO. The van der Waals surface area contributed by atoms with Crippen LogP contribution in [0.2, 0.25) is 5.15 Å². The van der Waals surface area contributed by atoms with Crippen LogP contribution in [-0.4, -0.2) is 10.1 Å². The molecule has 0 spiro atoms. The number of aliphatic hydroxyl groups is 1. The summed E-state index contributed by atoms with van der Waals surface area (Å²) in [6, 6.07) is 7.87. The van der Waals surface area contributed by atoms with Crippen molar-refractivity contribution in [3.63, 3.8) is 0 Å². The molecule has 1 unspecified atom stereocenters. The van der Waals surface area contributed by atoms with E-state index in [0.717, 1.165) is 16.5 Å². The van der Waals surface area contributed by atoms with Crippen molar-refractivity contribution >= 4 is 22.5 Å². The first-order chi connectivity index (χ1) is 7.08. The first kappa shape index (κ1) is 10.4. The molecule has 0 aliphatic heterocycles. The Kier molecular flexibility index (Phi) is 2.63. The van der Waals surface area contributed by atoms with Crippen LogP contribution < -0.4 is 0 Å². The van der Waals surface area contributed by atoms with Crippen LogP contribution in [0.25, 0.3) is 10.9 Å². The number of fused-ring (bicyclic) bond motifs is 1. The van der Waals surface area contributed by atoms with Gasteiger partial charge in [-0.2, -0.15) is 0 Å². The average Bonchev–Trinajstić information content (AvgIpc) is 2.15. The van der Waals surface area contributed by atoms with Crippen LogP contribution in [0.3, 0.4) is 0 Å². The Morgan fingerprint density at radius 1 is 1.33 bits per heavy atom. The molecule has 1 N–H and O–H groups in total. The largest absolute Gasteiger partial charge is 0.389 e. The van der Waals surface area contributed by atoms with Gasteiger partial charge in [0, 0.05) is 10.9 Å². The Hall–Kier alpha value is -1.12. The van der Waals surface area contributed by atoms with Gasteiger partial charge in [-0.25, -0.2) is 4.98 Å². The molecule has 2 rings (SSSR count). The molecule has 1 aromatic carbocycles. The highest BCUT2D eigenvalue weighted by Gasteiger charge is 2.09. The van der Waals surface area contributed by atoms with Crippen molar-refractivity contribution < 1.29 is 5.11 Å². The second kappa shape index (κ2) is 3.80. The smallest absolute Gasteiger partial charge is 0.135 e. The van der Waals surface area contributed by atoms with E-state index in [1.165, 1.54) is 0 Å². The Bertz CT molecular complexity index is 508. The molecule has 1 atom stereocenters. The summed E-state index contributed by atoms with van der Waals surface area (Å²) >= 11 is 5.98. The Labute approximate surface area is 93.5 Å². The van der Waals surface area contributed by atoms with Crippen molar-refractivity contribution in [1.82, 2.24) is 4.98 Å². The number of aliphatic hydroxyl groups excluding tert-OH is 1. The highest BCUT2D eigenvalue weighted by atomic mass is 35.5. The molecule has 0 fully saturated rings. The summed E-state index contributed by atoms with van der Waals surface area (Å²) in [4.78, 5) is 4.26. The van der Waals surface area contributed by atoms with Crippen molar-refractivity contribution in [3.8, 4) is 0 Å². The van der Waals surface area contributed by atoms with E-state index in [-0.39, 0.29) is 0 Å². The van der Waals surface area contributed by atoms with Gasteiger partial charge in [0.1, 0.15) is 5.15 Å². The predicted octanol–water partition coefficient (Wildman–Crippen LogP) is 3.25. The summed E-state index contributed by atoms with van der Waals surface area (Å²) < 4.78 is 0. The molecule has 2 aromatic rings. The molecule has 0 saturated carbocycles. The number of pyridine rings is 1. The molecule has 3 heteroatoms. The Morgan fingerprint density at radius 2 is 2.07 bits per heavy atom. The first-order valence-electron chi connectivity index (χ1n) is 4.83. The minimum atomic E-state index is -0.587. The third-order valence-corrected chi connectivity index (χ3v) is 2.71. The lowest BCUT2D eigenvalue weighted by Crippen LogP contribution is -1.95. The van der Waals surface area contributed by atoms with Crippen LogP contribution >= 0.6 is 11.6 Å². The van der Waals surface area contributed by atoms with E-state index in [9.17, 15) is 5.11 Å². The van der Waals surface area contributed by atoms with Gasteiger partial charge in [-0.05, 0) is 31.5 Å². The monoisotopic (exact) mass is 221 g/mol. The maximum absolute atomic E-state index is 9.49. The number of aryl methyl sites for hydroxylation is 1. The average molecular weight is 222 g/mol. The van der Waals surface area contributed by atoms with Crippen molar-refractivity contribution in [2.45, 2.75) is 20.0 Å². The fourth-order valence-electron chi connectivity index (χ4n) is 1.56. The number of rotatable bonds is 1. The van der Waals surface area contributed by atoms with Crippen LogP contribution in [0, 0.1) is 6.92 Å². The zero-order chi connectivity index (χ0) is 11.0. The van der Waals surface area contributed by atoms with E-state index in [1.54, 1.807) is 6.92 Å². The van der Waals surface area contributed by atoms with Crippen molar-refractivity contribution in [2.75, 3.05) is 0 Å². The van der Waals surface area contributed by atoms with Gasteiger partial charge >= 0.3 is 0 Å². The van der Waals surface area contributed by atoms with Crippen LogP contribution in [0.4, 0.5) is 0 Å². The molecule has 0 saturated heterocycles. The summed E-state index contributed by atoms with van der Waals surface area (Å²) in [5, 5.41) is 10.9. The SMILES string of the molecule is Cc1ccc2cc(C(C)O)c(Cl)nc2c1. The third-order valence-electron chi connectivity index (χ3n) is 2.40. The van der Waals surface area contributed by atoms with E-state index < -0.39 is 6.10 Å². The summed E-state index contributed by atoms with van der Waals surface area (Å²) in [6.07, 6.45) is -0.587. The summed E-state index contributed by atoms with van der Waals surface area (Å²) in [6.45, 7) is 3.69. The van der Waals surface area contributed by atoms with Crippen molar-refractivity contribution in [1.29, 1.82) is 0 Å². The highest BCUT2D eigenvalue weighted by Crippen LogP contribution is 2.25. The maximum atomic E-state index is 9.49. The van der Waals surface area contributed by atoms with E-state index in [4.69, 9.17) is 11.6 Å². The van der Waals surface area contributed by atoms with E-state index in [1.807, 2.05) is 31.2 Å². The summed E-state index contributed by atoms with van der Waals surface area (Å²) in [7, 11) is 0. The van der Waals surface area contributed by atoms with Gasteiger partial charge < -0.3 is 5.11 Å². The number of benzene rings is 1. The van der Waals surface area contributed by atoms with E-state index in [0.29, 0.717) is 10.7 Å². The molecule has 15 heavy (non-hydrogen) atoms. The summed E-state index contributed by atoms with van der Waals surface area (Å²) in [5.41, 5.74) is 2.69. The third kappa shape index (κ3) is 1.96. The van der Waals surface area contributed by atoms with Crippen molar-refractivity contribution in [2.24, 2.45) is 0 Å². The molecule has 0 aliphatic rings. The molecule has 0 bridgehead atoms. The van der Waals surface area contributed by atoms with Crippen LogP contribution in [0.5, 0.6) is 0 Å². The first-order valence-corrected chi connectivity index (χ1v) is 5.20. The second-order valence-electron chi connectivity index (χ2n) is 3.74. The molecule has 1 aromatic heterocycles. The molecule has 0 aliphatic carbocycles. The van der Waals surface area contributed by atoms with Gasteiger partial charge in [-0.15, -0.1) is 0 Å². The van der Waals surface area contributed by atoms with Crippen molar-refractivity contribution in [3.05, 3.63) is 40.5 Å². The quantitative estimate of drug-likeness (QED) is 0.750. The molecule has 0 radical (unpaired) electrons. The van der Waals surface area contributed by atoms with Gasteiger partial charge in [0.05, 0.1) is 11.6 Å². The number of hydrogen-bond donors (Lipinski definition) is 1. The lowest BCUT2D eigenvalue weighted by Gasteiger charge is -2.08. The fraction of sp³-hybridized carbons (Fsp3) is 0.250. The van der Waals surface area contributed by atoms with E-state index >= 15 is 0 Å². The standard InChI is InChI=1S/C12H12ClNO/c1-7-3-4-9-6-10(8(2)15)12(13)14-11(9)5-7/h3-6,8,15H,1-2H3. The molecule has 2 nitrogen and oxygen atoms in total. The van der Waals surface area contributed by atoms with Gasteiger partial charge in [0.25, 0.3) is 0 Å². The second-order valence-corrected chi connectivity index (χ2v) is 4.10. The zero-order valence-corrected chi connectivity index (χ0v) is 9.42. The molecule has 1 heterocycles. The lowest BCUT2D eigenvalue weighted by molar-refractivity contribution is 0.199.